The van der Waals surface area contributed by atoms with E-state index in [2.05, 4.69) is 22.5 Å². The van der Waals surface area contributed by atoms with E-state index in [0.29, 0.717) is 11.7 Å². The maximum atomic E-state index is 5.80. The summed E-state index contributed by atoms with van der Waals surface area (Å²) in [4.78, 5) is 4.09. The van der Waals surface area contributed by atoms with Gasteiger partial charge in [0.25, 0.3) is 0 Å². The molecule has 0 aliphatic carbocycles. The van der Waals surface area contributed by atoms with Gasteiger partial charge in [-0.25, -0.2) is 0 Å². The minimum Gasteiger partial charge on any atom is -0.497 e. The number of thiocarbonyl (C=S) groups is 1. The van der Waals surface area contributed by atoms with Gasteiger partial charge < -0.3 is 20.1 Å². The highest BCUT2D eigenvalue weighted by atomic mass is 32.1. The molecule has 0 saturated heterocycles. The van der Waals surface area contributed by atoms with Gasteiger partial charge in [0.1, 0.15) is 18.1 Å². The largest absolute Gasteiger partial charge is 0.497 e. The molecule has 3 aromatic rings. The number of hydrogen-bond donors (Lipinski definition) is 2. The van der Waals surface area contributed by atoms with Gasteiger partial charge in [0.05, 0.1) is 13.2 Å². The Morgan fingerprint density at radius 2 is 1.89 bits per heavy atom. The number of aromatic nitrogens is 1. The molecule has 0 amide bonds. The third-order valence-corrected chi connectivity index (χ3v) is 4.40. The van der Waals surface area contributed by atoms with Crippen molar-refractivity contribution in [3.63, 3.8) is 0 Å². The van der Waals surface area contributed by atoms with Crippen LogP contribution < -0.4 is 20.1 Å². The average Bonchev–Trinajstić information content (AvgIpc) is 2.73. The molecule has 0 radical (unpaired) electrons. The van der Waals surface area contributed by atoms with Crippen molar-refractivity contribution in [2.24, 2.45) is 0 Å². The highest BCUT2D eigenvalue weighted by molar-refractivity contribution is 7.80. The van der Waals surface area contributed by atoms with Crippen LogP contribution in [0, 0.1) is 0 Å². The second-order valence-electron chi connectivity index (χ2n) is 6.27. The Balaban J connectivity index is 1.52. The number of anilines is 1. The molecule has 1 atom stereocenters. The van der Waals surface area contributed by atoms with E-state index in [0.717, 1.165) is 28.3 Å². The Morgan fingerprint density at radius 3 is 2.61 bits per heavy atom. The van der Waals surface area contributed by atoms with Crippen LogP contribution in [0.3, 0.4) is 0 Å². The molecule has 2 N–H and O–H groups in total. The predicted octanol–water partition coefficient (Wildman–Crippen LogP) is 4.72. The first-order chi connectivity index (χ1) is 13.6. The first-order valence-corrected chi connectivity index (χ1v) is 9.38. The molecular weight excluding hydrogens is 370 g/mol. The summed E-state index contributed by atoms with van der Waals surface area (Å²) in [6.07, 6.45) is 3.55. The lowest BCUT2D eigenvalue weighted by Crippen LogP contribution is -2.30. The fraction of sp³-hybridized carbons (Fsp3) is 0.182. The van der Waals surface area contributed by atoms with Crippen LogP contribution in [-0.2, 0) is 6.61 Å². The SMILES string of the molecule is COc1cccc(NC(=S)NC(C)c2ccc(OCc3cccnc3)cc2)c1. The highest BCUT2D eigenvalue weighted by Crippen LogP contribution is 2.20. The van der Waals surface area contributed by atoms with Crippen molar-refractivity contribution < 1.29 is 9.47 Å². The third kappa shape index (κ3) is 5.69. The van der Waals surface area contributed by atoms with E-state index in [1.54, 1.807) is 19.5 Å². The van der Waals surface area contributed by atoms with E-state index < -0.39 is 0 Å². The van der Waals surface area contributed by atoms with E-state index in [1.165, 1.54) is 0 Å². The van der Waals surface area contributed by atoms with E-state index in [9.17, 15) is 0 Å². The summed E-state index contributed by atoms with van der Waals surface area (Å²) in [5, 5.41) is 7.02. The van der Waals surface area contributed by atoms with Gasteiger partial charge in [-0.15, -0.1) is 0 Å². The number of nitrogens with zero attached hydrogens (tertiary/aromatic N) is 1. The number of benzene rings is 2. The molecule has 6 heteroatoms. The number of hydrogen-bond acceptors (Lipinski definition) is 4. The molecule has 0 fully saturated rings. The van der Waals surface area contributed by atoms with E-state index in [1.807, 2.05) is 60.7 Å². The van der Waals surface area contributed by atoms with Gasteiger partial charge in [-0.1, -0.05) is 24.3 Å². The smallest absolute Gasteiger partial charge is 0.171 e. The molecule has 0 spiro atoms. The Kier molecular flexibility index (Phi) is 6.81. The summed E-state index contributed by atoms with van der Waals surface area (Å²) in [5.74, 6) is 1.60. The lowest BCUT2D eigenvalue weighted by Gasteiger charge is -2.18. The van der Waals surface area contributed by atoms with E-state index in [-0.39, 0.29) is 6.04 Å². The van der Waals surface area contributed by atoms with Crippen LogP contribution in [0.15, 0.2) is 73.1 Å². The maximum Gasteiger partial charge on any atom is 0.171 e. The van der Waals surface area contributed by atoms with Crippen LogP contribution in [0.1, 0.15) is 24.1 Å². The molecule has 0 saturated carbocycles. The number of methoxy groups -OCH3 is 1. The first kappa shape index (κ1) is 19.6. The molecule has 1 heterocycles. The second-order valence-corrected chi connectivity index (χ2v) is 6.68. The predicted molar refractivity (Wildman–Crippen MR) is 116 cm³/mol. The van der Waals surface area contributed by atoms with Crippen LogP contribution >= 0.6 is 12.2 Å². The molecule has 144 valence electrons. The van der Waals surface area contributed by atoms with Crippen molar-refractivity contribution in [1.29, 1.82) is 0 Å². The second kappa shape index (κ2) is 9.71. The monoisotopic (exact) mass is 393 g/mol. The summed E-state index contributed by atoms with van der Waals surface area (Å²) >= 11 is 5.42. The maximum absolute atomic E-state index is 5.80. The van der Waals surface area contributed by atoms with Gasteiger partial charge in [0.2, 0.25) is 0 Å². The molecule has 28 heavy (non-hydrogen) atoms. The fourth-order valence-corrected chi connectivity index (χ4v) is 2.95. The van der Waals surface area contributed by atoms with Crippen molar-refractivity contribution >= 4 is 23.0 Å². The zero-order chi connectivity index (χ0) is 19.8. The first-order valence-electron chi connectivity index (χ1n) is 8.97. The van der Waals surface area contributed by atoms with Crippen molar-refractivity contribution in [2.75, 3.05) is 12.4 Å². The summed E-state index contributed by atoms with van der Waals surface area (Å²) < 4.78 is 11.0. The minimum absolute atomic E-state index is 0.0537. The van der Waals surface area contributed by atoms with Crippen molar-refractivity contribution in [3.05, 3.63) is 84.2 Å². The van der Waals surface area contributed by atoms with Crippen LogP contribution in [0.2, 0.25) is 0 Å². The van der Waals surface area contributed by atoms with Gasteiger partial charge in [-0.3, -0.25) is 4.98 Å². The zero-order valence-electron chi connectivity index (χ0n) is 15.9. The van der Waals surface area contributed by atoms with E-state index >= 15 is 0 Å². The van der Waals surface area contributed by atoms with E-state index in [4.69, 9.17) is 21.7 Å². The number of rotatable bonds is 7. The summed E-state index contributed by atoms with van der Waals surface area (Å²) in [6.45, 7) is 2.56. The van der Waals surface area contributed by atoms with Gasteiger partial charge in [-0.05, 0) is 55.0 Å². The Hall–Kier alpha value is -3.12. The fourth-order valence-electron chi connectivity index (χ4n) is 2.65. The topological polar surface area (TPSA) is 55.4 Å². The van der Waals surface area contributed by atoms with Crippen molar-refractivity contribution in [2.45, 2.75) is 19.6 Å². The summed E-state index contributed by atoms with van der Waals surface area (Å²) in [7, 11) is 1.64. The van der Waals surface area contributed by atoms with Gasteiger partial charge >= 0.3 is 0 Å². The standard InChI is InChI=1S/C22H23N3O2S/c1-16(24-22(28)25-19-6-3-7-21(13-19)26-2)18-8-10-20(11-9-18)27-15-17-5-4-12-23-14-17/h3-14,16H,15H2,1-2H3,(H2,24,25,28). The average molecular weight is 394 g/mol. The van der Waals surface area contributed by atoms with Crippen molar-refractivity contribution in [3.8, 4) is 11.5 Å². The molecule has 0 aliphatic rings. The van der Waals surface area contributed by atoms with Crippen molar-refractivity contribution in [1.82, 2.24) is 10.3 Å². The lowest BCUT2D eigenvalue weighted by atomic mass is 10.1. The van der Waals surface area contributed by atoms with Gasteiger partial charge in [-0.2, -0.15) is 0 Å². The third-order valence-electron chi connectivity index (χ3n) is 4.18. The number of pyridine rings is 1. The van der Waals surface area contributed by atoms with Crippen LogP contribution in [-0.4, -0.2) is 17.2 Å². The Labute approximate surface area is 170 Å². The molecule has 2 aromatic carbocycles. The normalized spacial score (nSPS) is 11.4. The molecular formula is C22H23N3O2S. The minimum atomic E-state index is 0.0537. The highest BCUT2D eigenvalue weighted by Gasteiger charge is 2.08. The molecule has 0 aliphatic heterocycles. The Bertz CT molecular complexity index is 901. The van der Waals surface area contributed by atoms with Crippen LogP contribution in [0.5, 0.6) is 11.5 Å². The number of ether oxygens (including phenoxy) is 2. The molecule has 1 aromatic heterocycles. The van der Waals surface area contributed by atoms with Crippen LogP contribution in [0.4, 0.5) is 5.69 Å². The van der Waals surface area contributed by atoms with Crippen LogP contribution in [0.25, 0.3) is 0 Å². The summed E-state index contributed by atoms with van der Waals surface area (Å²) in [5.41, 5.74) is 3.03. The molecule has 3 rings (SSSR count). The lowest BCUT2D eigenvalue weighted by molar-refractivity contribution is 0.305. The molecule has 5 nitrogen and oxygen atoms in total. The quantitative estimate of drug-likeness (QED) is 0.567. The molecule has 0 bridgehead atoms. The molecule has 1 unspecified atom stereocenters. The zero-order valence-corrected chi connectivity index (χ0v) is 16.7. The van der Waals surface area contributed by atoms with Gasteiger partial charge in [0.15, 0.2) is 5.11 Å². The van der Waals surface area contributed by atoms with Gasteiger partial charge in [0, 0.05) is 29.7 Å². The number of nitrogens with one attached hydrogen (secondary N) is 2. The summed E-state index contributed by atoms with van der Waals surface area (Å²) in [6, 6.07) is 19.6. The Morgan fingerprint density at radius 1 is 1.07 bits per heavy atom.